The fourth-order valence-electron chi connectivity index (χ4n) is 1.47. The largest absolute Gasteiger partial charge is 0.496 e. The Balaban J connectivity index is 3.41. The number of esters is 1. The number of methoxy groups -OCH3 is 1. The average molecular weight is 298 g/mol. The van der Waals surface area contributed by atoms with E-state index in [9.17, 15) is 4.79 Å². The summed E-state index contributed by atoms with van der Waals surface area (Å²) in [6.45, 7) is 2.01. The molecule has 0 heterocycles. The van der Waals surface area contributed by atoms with Crippen molar-refractivity contribution in [3.8, 4) is 11.8 Å². The average Bonchev–Trinajstić information content (AvgIpc) is 2.36. The lowest BCUT2D eigenvalue weighted by molar-refractivity contribution is 0.0521. The second kappa shape index (κ2) is 6.26. The summed E-state index contributed by atoms with van der Waals surface area (Å²) in [7, 11) is 1.47. The molecule has 17 heavy (non-hydrogen) atoms. The molecule has 0 aromatic heterocycles. The summed E-state index contributed by atoms with van der Waals surface area (Å²) in [5, 5.41) is 9.38. The summed E-state index contributed by atoms with van der Waals surface area (Å²) in [6.07, 6.45) is 0. The predicted octanol–water partition coefficient (Wildman–Crippen LogP) is 2.64. The topological polar surface area (TPSA) is 59.3 Å². The lowest BCUT2D eigenvalue weighted by Crippen LogP contribution is -2.11. The van der Waals surface area contributed by atoms with Gasteiger partial charge >= 0.3 is 5.97 Å². The second-order valence-electron chi connectivity index (χ2n) is 3.13. The monoisotopic (exact) mass is 297 g/mol. The number of carbonyl (C=O) groups is 1. The number of ether oxygens (including phenoxy) is 2. The molecular weight excluding hydrogens is 286 g/mol. The zero-order valence-corrected chi connectivity index (χ0v) is 11.2. The van der Waals surface area contributed by atoms with Crippen LogP contribution in [0.1, 0.15) is 28.4 Å². The fourth-order valence-corrected chi connectivity index (χ4v) is 2.05. The van der Waals surface area contributed by atoms with Crippen LogP contribution in [0.25, 0.3) is 0 Å². The van der Waals surface area contributed by atoms with Crippen LogP contribution in [-0.4, -0.2) is 19.7 Å². The van der Waals surface area contributed by atoms with Crippen molar-refractivity contribution in [1.29, 1.82) is 5.26 Å². The van der Waals surface area contributed by atoms with E-state index in [1.165, 1.54) is 7.11 Å². The fraction of sp³-hybridized carbons (Fsp3) is 0.333. The van der Waals surface area contributed by atoms with Crippen molar-refractivity contribution in [2.75, 3.05) is 13.7 Å². The minimum absolute atomic E-state index is 0.278. The summed E-state index contributed by atoms with van der Waals surface area (Å²) >= 11 is 3.27. The van der Waals surface area contributed by atoms with E-state index in [4.69, 9.17) is 14.7 Å². The third-order valence-corrected chi connectivity index (χ3v) is 2.79. The van der Waals surface area contributed by atoms with Crippen molar-refractivity contribution in [3.05, 3.63) is 28.8 Å². The zero-order chi connectivity index (χ0) is 12.8. The van der Waals surface area contributed by atoms with Crippen molar-refractivity contribution in [2.45, 2.75) is 12.3 Å². The van der Waals surface area contributed by atoms with Crippen LogP contribution in [-0.2, 0) is 10.1 Å². The van der Waals surface area contributed by atoms with Gasteiger partial charge in [0.2, 0.25) is 0 Å². The first-order chi connectivity index (χ1) is 8.19. The lowest BCUT2D eigenvalue weighted by atomic mass is 10.0. The zero-order valence-electron chi connectivity index (χ0n) is 9.62. The lowest BCUT2D eigenvalue weighted by Gasteiger charge is -2.12. The molecule has 0 aliphatic rings. The van der Waals surface area contributed by atoms with Gasteiger partial charge in [-0.25, -0.2) is 4.79 Å². The molecule has 0 aliphatic carbocycles. The molecule has 0 radical (unpaired) electrons. The molecule has 4 nitrogen and oxygen atoms in total. The van der Waals surface area contributed by atoms with Crippen LogP contribution in [0.2, 0.25) is 0 Å². The summed E-state index contributed by atoms with van der Waals surface area (Å²) < 4.78 is 10.1. The van der Waals surface area contributed by atoms with Crippen LogP contribution in [0.4, 0.5) is 0 Å². The Kier molecular flexibility index (Phi) is 4.98. The van der Waals surface area contributed by atoms with E-state index in [-0.39, 0.29) is 6.61 Å². The van der Waals surface area contributed by atoms with Crippen LogP contribution in [0, 0.1) is 11.3 Å². The number of rotatable bonds is 4. The van der Waals surface area contributed by atoms with E-state index in [1.807, 2.05) is 6.07 Å². The molecule has 0 unspecified atom stereocenters. The first kappa shape index (κ1) is 13.5. The Morgan fingerprint density at radius 3 is 2.71 bits per heavy atom. The molecule has 0 saturated heterocycles. The third-order valence-electron chi connectivity index (χ3n) is 2.23. The van der Waals surface area contributed by atoms with Gasteiger partial charge in [-0.15, -0.1) is 0 Å². The number of hydrogen-bond acceptors (Lipinski definition) is 4. The highest BCUT2D eigenvalue weighted by atomic mass is 79.9. The van der Waals surface area contributed by atoms with Gasteiger partial charge in [0.15, 0.2) is 0 Å². The van der Waals surface area contributed by atoms with E-state index in [2.05, 4.69) is 15.9 Å². The Morgan fingerprint density at radius 2 is 2.24 bits per heavy atom. The smallest absolute Gasteiger partial charge is 0.342 e. The second-order valence-corrected chi connectivity index (χ2v) is 3.70. The number of alkyl halides is 1. The molecule has 0 N–H and O–H groups in total. The van der Waals surface area contributed by atoms with Gasteiger partial charge in [0.25, 0.3) is 0 Å². The molecule has 0 atom stereocenters. The molecule has 1 aromatic carbocycles. The van der Waals surface area contributed by atoms with Crippen molar-refractivity contribution in [2.24, 2.45) is 0 Å². The Morgan fingerprint density at radius 1 is 1.53 bits per heavy atom. The van der Waals surface area contributed by atoms with E-state index < -0.39 is 5.97 Å². The molecule has 0 aliphatic heterocycles. The van der Waals surface area contributed by atoms with Gasteiger partial charge in [0.05, 0.1) is 25.3 Å². The van der Waals surface area contributed by atoms with Gasteiger partial charge in [-0.1, -0.05) is 15.9 Å². The van der Waals surface area contributed by atoms with Crippen molar-refractivity contribution in [1.82, 2.24) is 0 Å². The molecule has 0 spiro atoms. The SMILES string of the molecule is CCOC(=O)c1c(OC)ccc(C#N)c1CBr. The molecule has 1 rings (SSSR count). The maximum atomic E-state index is 11.8. The minimum atomic E-state index is -0.476. The molecule has 0 fully saturated rings. The Bertz CT molecular complexity index is 466. The summed E-state index contributed by atoms with van der Waals surface area (Å²) in [6, 6.07) is 5.26. The standard InChI is InChI=1S/C12H12BrNO3/c1-3-17-12(15)11-9(6-13)8(7-14)4-5-10(11)16-2/h4-5H,3,6H2,1-2H3. The maximum Gasteiger partial charge on any atom is 0.342 e. The third kappa shape index (κ3) is 2.77. The van der Waals surface area contributed by atoms with Gasteiger partial charge in [-0.2, -0.15) is 5.26 Å². The molecule has 5 heteroatoms. The van der Waals surface area contributed by atoms with Crippen LogP contribution in [0.15, 0.2) is 12.1 Å². The molecule has 0 bridgehead atoms. The van der Waals surface area contributed by atoms with Crippen molar-refractivity contribution >= 4 is 21.9 Å². The van der Waals surface area contributed by atoms with E-state index >= 15 is 0 Å². The normalized spacial score (nSPS) is 9.53. The summed E-state index contributed by atoms with van der Waals surface area (Å²) in [5.41, 5.74) is 1.33. The van der Waals surface area contributed by atoms with Gasteiger partial charge in [-0.3, -0.25) is 0 Å². The van der Waals surface area contributed by atoms with Gasteiger partial charge < -0.3 is 9.47 Å². The number of nitrogens with zero attached hydrogens (tertiary/aromatic N) is 1. The highest BCUT2D eigenvalue weighted by Gasteiger charge is 2.20. The predicted molar refractivity (Wildman–Crippen MR) is 66.3 cm³/mol. The highest BCUT2D eigenvalue weighted by Crippen LogP contribution is 2.28. The van der Waals surface area contributed by atoms with Gasteiger partial charge in [-0.05, 0) is 24.6 Å². The van der Waals surface area contributed by atoms with Crippen molar-refractivity contribution < 1.29 is 14.3 Å². The van der Waals surface area contributed by atoms with Crippen LogP contribution in [0.3, 0.4) is 0 Å². The van der Waals surface area contributed by atoms with E-state index in [1.54, 1.807) is 19.1 Å². The quantitative estimate of drug-likeness (QED) is 0.633. The number of hydrogen-bond donors (Lipinski definition) is 0. The number of halogens is 1. The molecule has 0 amide bonds. The summed E-state index contributed by atoms with van der Waals surface area (Å²) in [4.78, 5) is 11.8. The Labute approximate surface area is 108 Å². The molecule has 1 aromatic rings. The van der Waals surface area contributed by atoms with Gasteiger partial charge in [0, 0.05) is 5.33 Å². The van der Waals surface area contributed by atoms with Crippen LogP contribution >= 0.6 is 15.9 Å². The highest BCUT2D eigenvalue weighted by molar-refractivity contribution is 9.08. The minimum Gasteiger partial charge on any atom is -0.496 e. The number of nitriles is 1. The van der Waals surface area contributed by atoms with E-state index in [0.717, 1.165) is 0 Å². The number of benzene rings is 1. The van der Waals surface area contributed by atoms with Crippen LogP contribution < -0.4 is 4.74 Å². The molecule has 90 valence electrons. The molecular formula is C12H12BrNO3. The van der Waals surface area contributed by atoms with Crippen LogP contribution in [0.5, 0.6) is 5.75 Å². The first-order valence-corrected chi connectivity index (χ1v) is 6.14. The van der Waals surface area contributed by atoms with Gasteiger partial charge in [0.1, 0.15) is 11.3 Å². The van der Waals surface area contributed by atoms with E-state index in [0.29, 0.717) is 27.8 Å². The Hall–Kier alpha value is -1.54. The van der Waals surface area contributed by atoms with Crippen molar-refractivity contribution in [3.63, 3.8) is 0 Å². The summed E-state index contributed by atoms with van der Waals surface area (Å²) in [5.74, 6) is -0.0622. The maximum absolute atomic E-state index is 11.8. The molecule has 0 saturated carbocycles. The first-order valence-electron chi connectivity index (χ1n) is 5.02. The number of carbonyl (C=O) groups excluding carboxylic acids is 1.